The minimum atomic E-state index is -0.789. The Morgan fingerprint density at radius 2 is 1.81 bits per heavy atom. The summed E-state index contributed by atoms with van der Waals surface area (Å²) in [6, 6.07) is 13.5. The maximum atomic E-state index is 12.5. The van der Waals surface area contributed by atoms with Gasteiger partial charge in [-0.25, -0.2) is 4.79 Å². The van der Waals surface area contributed by atoms with Crippen LogP contribution in [0, 0.1) is 5.92 Å². The molecule has 2 N–H and O–H groups in total. The number of hydrogen-bond donors (Lipinski definition) is 2. The fraction of sp³-hybridized carbons (Fsp3) is 0.320. The quantitative estimate of drug-likeness (QED) is 0.351. The molecule has 0 bridgehead atoms. The van der Waals surface area contributed by atoms with Crippen molar-refractivity contribution < 1.29 is 23.9 Å². The smallest absolute Gasteiger partial charge is 0.434 e. The monoisotopic (exact) mass is 436 g/mol. The summed E-state index contributed by atoms with van der Waals surface area (Å²) >= 11 is 0. The van der Waals surface area contributed by atoms with E-state index in [1.165, 1.54) is 25.0 Å². The van der Waals surface area contributed by atoms with Gasteiger partial charge in [-0.3, -0.25) is 9.59 Å². The number of carbonyl (C=O) groups is 3. The van der Waals surface area contributed by atoms with E-state index >= 15 is 0 Å². The number of hydrogen-bond acceptors (Lipinski definition) is 5. The Morgan fingerprint density at radius 1 is 1.06 bits per heavy atom. The normalized spacial score (nSPS) is 13.7. The van der Waals surface area contributed by atoms with Crippen LogP contribution < -0.4 is 15.4 Å². The average Bonchev–Trinajstić information content (AvgIpc) is 3.31. The van der Waals surface area contributed by atoms with E-state index in [4.69, 9.17) is 9.47 Å². The number of allylic oxidation sites excluding steroid dienone is 1. The summed E-state index contributed by atoms with van der Waals surface area (Å²) in [5.41, 5.74) is 1.91. The van der Waals surface area contributed by atoms with Gasteiger partial charge in [-0.1, -0.05) is 31.1 Å². The van der Waals surface area contributed by atoms with Crippen molar-refractivity contribution in [2.45, 2.75) is 39.2 Å². The van der Waals surface area contributed by atoms with E-state index in [0.717, 1.165) is 18.4 Å². The van der Waals surface area contributed by atoms with Gasteiger partial charge >= 0.3 is 6.16 Å². The van der Waals surface area contributed by atoms with Crippen LogP contribution in [-0.4, -0.2) is 24.6 Å². The lowest BCUT2D eigenvalue weighted by atomic mass is 10.1. The van der Waals surface area contributed by atoms with E-state index in [9.17, 15) is 14.4 Å². The van der Waals surface area contributed by atoms with Gasteiger partial charge in [-0.2, -0.15) is 0 Å². The van der Waals surface area contributed by atoms with Crippen molar-refractivity contribution in [3.63, 3.8) is 0 Å². The lowest BCUT2D eigenvalue weighted by Crippen LogP contribution is -2.20. The highest BCUT2D eigenvalue weighted by Gasteiger charge is 2.12. The SMILES string of the molecule is CCOC(=O)Oc1ccc(C(=O)Nc2cccc(CNC(=O)/C=C/C3CCCC3)c2)cc1. The molecule has 32 heavy (non-hydrogen) atoms. The summed E-state index contributed by atoms with van der Waals surface area (Å²) in [7, 11) is 0. The Kier molecular flexibility index (Phi) is 8.43. The summed E-state index contributed by atoms with van der Waals surface area (Å²) in [4.78, 5) is 35.9. The van der Waals surface area contributed by atoms with Gasteiger partial charge in [0.1, 0.15) is 5.75 Å². The lowest BCUT2D eigenvalue weighted by molar-refractivity contribution is -0.116. The number of nitrogens with one attached hydrogen (secondary N) is 2. The van der Waals surface area contributed by atoms with Gasteiger partial charge < -0.3 is 20.1 Å². The number of anilines is 1. The Hall–Kier alpha value is -3.61. The molecule has 1 saturated carbocycles. The molecule has 0 aromatic heterocycles. The zero-order chi connectivity index (χ0) is 22.8. The number of carbonyl (C=O) groups excluding carboxylic acids is 3. The van der Waals surface area contributed by atoms with Gasteiger partial charge in [0.05, 0.1) is 6.61 Å². The highest BCUT2D eigenvalue weighted by Crippen LogP contribution is 2.25. The maximum Gasteiger partial charge on any atom is 0.513 e. The molecule has 1 aliphatic rings. The second-order valence-corrected chi connectivity index (χ2v) is 7.59. The first-order chi connectivity index (χ1) is 15.5. The van der Waals surface area contributed by atoms with Crippen LogP contribution in [0.4, 0.5) is 10.5 Å². The molecule has 7 nitrogen and oxygen atoms in total. The molecule has 0 unspecified atom stereocenters. The molecule has 0 heterocycles. The van der Waals surface area contributed by atoms with Gasteiger partial charge in [0.25, 0.3) is 5.91 Å². The van der Waals surface area contributed by atoms with Crippen LogP contribution in [0.15, 0.2) is 60.7 Å². The molecule has 3 rings (SSSR count). The van der Waals surface area contributed by atoms with E-state index < -0.39 is 6.16 Å². The van der Waals surface area contributed by atoms with Crippen molar-refractivity contribution in [3.8, 4) is 5.75 Å². The Bertz CT molecular complexity index is 963. The van der Waals surface area contributed by atoms with Crippen molar-refractivity contribution >= 4 is 23.7 Å². The third-order valence-electron chi connectivity index (χ3n) is 5.15. The molecule has 0 atom stereocenters. The second kappa shape index (κ2) is 11.7. The molecule has 2 aromatic rings. The van der Waals surface area contributed by atoms with Crippen LogP contribution in [0.25, 0.3) is 0 Å². The molecule has 1 aliphatic carbocycles. The molecular weight excluding hydrogens is 408 g/mol. The third kappa shape index (κ3) is 7.27. The van der Waals surface area contributed by atoms with E-state index in [2.05, 4.69) is 10.6 Å². The van der Waals surface area contributed by atoms with Crippen LogP contribution >= 0.6 is 0 Å². The number of ether oxygens (including phenoxy) is 2. The zero-order valence-electron chi connectivity index (χ0n) is 18.1. The molecule has 0 radical (unpaired) electrons. The van der Waals surface area contributed by atoms with Crippen molar-refractivity contribution in [3.05, 3.63) is 71.8 Å². The van der Waals surface area contributed by atoms with Crippen molar-refractivity contribution in [1.82, 2.24) is 5.32 Å². The fourth-order valence-electron chi connectivity index (χ4n) is 3.50. The van der Waals surface area contributed by atoms with E-state index in [0.29, 0.717) is 29.5 Å². The molecule has 0 saturated heterocycles. The summed E-state index contributed by atoms with van der Waals surface area (Å²) in [6.45, 7) is 2.28. The van der Waals surface area contributed by atoms with Gasteiger partial charge in [0.2, 0.25) is 5.91 Å². The van der Waals surface area contributed by atoms with Crippen molar-refractivity contribution in [1.29, 1.82) is 0 Å². The Morgan fingerprint density at radius 3 is 2.53 bits per heavy atom. The molecule has 1 fully saturated rings. The maximum absolute atomic E-state index is 12.5. The third-order valence-corrected chi connectivity index (χ3v) is 5.15. The predicted molar refractivity (Wildman–Crippen MR) is 121 cm³/mol. The minimum absolute atomic E-state index is 0.114. The topological polar surface area (TPSA) is 93.7 Å². The average molecular weight is 437 g/mol. The van der Waals surface area contributed by atoms with Crippen LogP contribution in [-0.2, 0) is 16.1 Å². The lowest BCUT2D eigenvalue weighted by Gasteiger charge is -2.09. The first kappa shape index (κ1) is 23.1. The Labute approximate surface area is 187 Å². The minimum Gasteiger partial charge on any atom is -0.434 e. The molecular formula is C25H28N2O5. The number of rotatable bonds is 8. The van der Waals surface area contributed by atoms with Gasteiger partial charge in [-0.15, -0.1) is 0 Å². The second-order valence-electron chi connectivity index (χ2n) is 7.59. The molecule has 7 heteroatoms. The Balaban J connectivity index is 1.50. The van der Waals surface area contributed by atoms with Crippen molar-refractivity contribution in [2.75, 3.05) is 11.9 Å². The highest BCUT2D eigenvalue weighted by molar-refractivity contribution is 6.04. The van der Waals surface area contributed by atoms with Crippen LogP contribution in [0.5, 0.6) is 5.75 Å². The first-order valence-electron chi connectivity index (χ1n) is 10.8. The standard InChI is InChI=1S/C25H28N2O5/c1-2-31-25(30)32-22-13-11-20(12-14-22)24(29)27-21-9-5-8-19(16-21)17-26-23(28)15-10-18-6-3-4-7-18/h5,8-16,18H,2-4,6-7,17H2,1H3,(H,26,28)(H,27,29)/b15-10+. The summed E-state index contributed by atoms with van der Waals surface area (Å²) in [6.07, 6.45) is 7.63. The molecule has 0 aliphatic heterocycles. The molecule has 168 valence electrons. The number of amides is 2. The predicted octanol–water partition coefficient (Wildman–Crippen LogP) is 4.84. The van der Waals surface area contributed by atoms with Crippen LogP contribution in [0.3, 0.4) is 0 Å². The largest absolute Gasteiger partial charge is 0.513 e. The zero-order valence-corrected chi connectivity index (χ0v) is 18.1. The molecule has 0 spiro atoms. The van der Waals surface area contributed by atoms with E-state index in [-0.39, 0.29) is 18.4 Å². The first-order valence-corrected chi connectivity index (χ1v) is 10.8. The van der Waals surface area contributed by atoms with Crippen LogP contribution in [0.2, 0.25) is 0 Å². The fourth-order valence-corrected chi connectivity index (χ4v) is 3.50. The van der Waals surface area contributed by atoms with Gasteiger partial charge in [0, 0.05) is 17.8 Å². The summed E-state index contributed by atoms with van der Waals surface area (Å²) in [5.74, 6) is 0.398. The highest BCUT2D eigenvalue weighted by atomic mass is 16.7. The van der Waals surface area contributed by atoms with Gasteiger partial charge in [-0.05, 0) is 73.7 Å². The number of benzene rings is 2. The van der Waals surface area contributed by atoms with Crippen molar-refractivity contribution in [2.24, 2.45) is 5.92 Å². The van der Waals surface area contributed by atoms with Crippen LogP contribution in [0.1, 0.15) is 48.5 Å². The molecule has 2 aromatic carbocycles. The summed E-state index contributed by atoms with van der Waals surface area (Å²) in [5, 5.41) is 5.71. The molecule has 2 amide bonds. The summed E-state index contributed by atoms with van der Waals surface area (Å²) < 4.78 is 9.70. The van der Waals surface area contributed by atoms with E-state index in [1.807, 2.05) is 24.3 Å². The van der Waals surface area contributed by atoms with E-state index in [1.54, 1.807) is 31.2 Å². The van der Waals surface area contributed by atoms with Gasteiger partial charge in [0.15, 0.2) is 0 Å².